The highest BCUT2D eigenvalue weighted by molar-refractivity contribution is 7.98. The molecule has 0 saturated carbocycles. The van der Waals surface area contributed by atoms with Crippen molar-refractivity contribution in [2.45, 2.75) is 32.7 Å². The molecule has 0 aliphatic rings. The van der Waals surface area contributed by atoms with E-state index in [0.717, 1.165) is 30.8 Å². The molecule has 0 aliphatic carbocycles. The Balaban J connectivity index is 2.86. The molecular weight excluding hydrogens is 292 g/mol. The molecule has 1 aromatic rings. The maximum atomic E-state index is 12.4. The average Bonchev–Trinajstić information content (AvgIpc) is 2.45. The second kappa shape index (κ2) is 9.14. The molecule has 1 atom stereocenters. The number of thioether (sulfide) groups is 1. The molecular formula is C15H23ClN2OS. The molecule has 112 valence electrons. The predicted octanol–water partition coefficient (Wildman–Crippen LogP) is 4.03. The lowest BCUT2D eigenvalue weighted by Gasteiger charge is -2.18. The molecule has 0 radical (unpaired) electrons. The lowest BCUT2D eigenvalue weighted by molar-refractivity contribution is 0.0941. The fourth-order valence-electron chi connectivity index (χ4n) is 1.84. The minimum Gasteiger partial charge on any atom is -0.384 e. The maximum absolute atomic E-state index is 12.4. The van der Waals surface area contributed by atoms with Crippen LogP contribution in [-0.4, -0.2) is 30.5 Å². The zero-order valence-electron chi connectivity index (χ0n) is 12.3. The number of amides is 1. The summed E-state index contributed by atoms with van der Waals surface area (Å²) < 4.78 is 0. The minimum absolute atomic E-state index is 0.0630. The SMILES string of the molecule is CCCNc1ccc(Cl)cc1C(=O)NC(CC)CSC. The van der Waals surface area contributed by atoms with Crippen LogP contribution < -0.4 is 10.6 Å². The molecule has 0 aromatic heterocycles. The quantitative estimate of drug-likeness (QED) is 0.761. The number of hydrogen-bond donors (Lipinski definition) is 2. The van der Waals surface area contributed by atoms with Crippen LogP contribution in [0.3, 0.4) is 0 Å². The molecule has 0 bridgehead atoms. The van der Waals surface area contributed by atoms with Gasteiger partial charge in [-0.05, 0) is 37.3 Å². The largest absolute Gasteiger partial charge is 0.384 e. The number of carbonyl (C=O) groups is 1. The van der Waals surface area contributed by atoms with Gasteiger partial charge in [-0.15, -0.1) is 0 Å². The molecule has 0 heterocycles. The Kier molecular flexibility index (Phi) is 7.85. The summed E-state index contributed by atoms with van der Waals surface area (Å²) in [7, 11) is 0. The molecule has 3 nitrogen and oxygen atoms in total. The second-order valence-electron chi connectivity index (χ2n) is 4.65. The molecule has 0 fully saturated rings. The zero-order chi connectivity index (χ0) is 15.0. The minimum atomic E-state index is -0.0630. The van der Waals surface area contributed by atoms with E-state index in [1.54, 1.807) is 23.9 Å². The number of benzene rings is 1. The van der Waals surface area contributed by atoms with Gasteiger partial charge in [0.2, 0.25) is 0 Å². The summed E-state index contributed by atoms with van der Waals surface area (Å²) in [6, 6.07) is 5.58. The van der Waals surface area contributed by atoms with Crippen molar-refractivity contribution in [3.63, 3.8) is 0 Å². The summed E-state index contributed by atoms with van der Waals surface area (Å²) >= 11 is 7.75. The lowest BCUT2D eigenvalue weighted by atomic mass is 10.1. The summed E-state index contributed by atoms with van der Waals surface area (Å²) in [6.45, 7) is 5.01. The van der Waals surface area contributed by atoms with E-state index < -0.39 is 0 Å². The third kappa shape index (κ3) is 5.25. The van der Waals surface area contributed by atoms with Crippen molar-refractivity contribution in [1.82, 2.24) is 5.32 Å². The van der Waals surface area contributed by atoms with E-state index in [4.69, 9.17) is 11.6 Å². The Morgan fingerprint density at radius 1 is 1.40 bits per heavy atom. The van der Waals surface area contributed by atoms with Gasteiger partial charge >= 0.3 is 0 Å². The van der Waals surface area contributed by atoms with E-state index in [-0.39, 0.29) is 11.9 Å². The molecule has 5 heteroatoms. The Morgan fingerprint density at radius 3 is 2.75 bits per heavy atom. The molecule has 1 rings (SSSR count). The van der Waals surface area contributed by atoms with E-state index >= 15 is 0 Å². The third-order valence-corrected chi connectivity index (χ3v) is 3.96. The average molecular weight is 315 g/mol. The number of rotatable bonds is 8. The Labute approximate surface area is 130 Å². The van der Waals surface area contributed by atoms with Crippen LogP contribution in [0.2, 0.25) is 5.02 Å². The van der Waals surface area contributed by atoms with Crippen LogP contribution in [0.5, 0.6) is 0 Å². The van der Waals surface area contributed by atoms with E-state index in [9.17, 15) is 4.79 Å². The number of halogens is 1. The first kappa shape index (κ1) is 17.2. The molecule has 1 amide bonds. The van der Waals surface area contributed by atoms with Crippen LogP contribution in [0.1, 0.15) is 37.0 Å². The number of nitrogens with one attached hydrogen (secondary N) is 2. The standard InChI is InChI=1S/C15H23ClN2OS/c1-4-8-17-14-7-6-11(16)9-13(14)15(19)18-12(5-2)10-20-3/h6-7,9,12,17H,4-5,8,10H2,1-3H3,(H,18,19). The third-order valence-electron chi connectivity index (χ3n) is 2.99. The van der Waals surface area contributed by atoms with Gasteiger partial charge < -0.3 is 10.6 Å². The van der Waals surface area contributed by atoms with Gasteiger partial charge in [-0.25, -0.2) is 0 Å². The van der Waals surface area contributed by atoms with Crippen molar-refractivity contribution in [1.29, 1.82) is 0 Å². The monoisotopic (exact) mass is 314 g/mol. The van der Waals surface area contributed by atoms with Gasteiger partial charge in [0.1, 0.15) is 0 Å². The lowest BCUT2D eigenvalue weighted by Crippen LogP contribution is -2.36. The van der Waals surface area contributed by atoms with E-state index in [1.807, 2.05) is 12.3 Å². The van der Waals surface area contributed by atoms with Crippen molar-refractivity contribution in [3.8, 4) is 0 Å². The summed E-state index contributed by atoms with van der Waals surface area (Å²) in [5, 5.41) is 6.92. The summed E-state index contributed by atoms with van der Waals surface area (Å²) in [5.74, 6) is 0.854. The molecule has 1 aromatic carbocycles. The van der Waals surface area contributed by atoms with Gasteiger partial charge in [-0.2, -0.15) is 11.8 Å². The molecule has 0 saturated heterocycles. The van der Waals surface area contributed by atoms with E-state index in [2.05, 4.69) is 24.5 Å². The molecule has 20 heavy (non-hydrogen) atoms. The van der Waals surface area contributed by atoms with Gasteiger partial charge in [-0.3, -0.25) is 4.79 Å². The van der Waals surface area contributed by atoms with Gasteiger partial charge in [0.25, 0.3) is 5.91 Å². The number of anilines is 1. The first-order chi connectivity index (χ1) is 9.62. The fraction of sp³-hybridized carbons (Fsp3) is 0.533. The van der Waals surface area contributed by atoms with Crippen molar-refractivity contribution >= 4 is 35.0 Å². The topological polar surface area (TPSA) is 41.1 Å². The Bertz CT molecular complexity index is 440. The summed E-state index contributed by atoms with van der Waals surface area (Å²) in [5.41, 5.74) is 1.46. The van der Waals surface area contributed by atoms with Crippen molar-refractivity contribution < 1.29 is 4.79 Å². The smallest absolute Gasteiger partial charge is 0.253 e. The fourth-order valence-corrected chi connectivity index (χ4v) is 2.74. The molecule has 0 aliphatic heterocycles. The Morgan fingerprint density at radius 2 is 2.15 bits per heavy atom. The summed E-state index contributed by atoms with van der Waals surface area (Å²) in [6.07, 6.45) is 3.97. The number of hydrogen-bond acceptors (Lipinski definition) is 3. The van der Waals surface area contributed by atoms with Gasteiger partial charge in [-0.1, -0.05) is 25.4 Å². The van der Waals surface area contributed by atoms with Gasteiger partial charge in [0.15, 0.2) is 0 Å². The van der Waals surface area contributed by atoms with Crippen LogP contribution >= 0.6 is 23.4 Å². The molecule has 0 spiro atoms. The van der Waals surface area contributed by atoms with Crippen molar-refractivity contribution in [2.24, 2.45) is 0 Å². The van der Waals surface area contributed by atoms with Gasteiger partial charge in [0.05, 0.1) is 5.56 Å². The van der Waals surface area contributed by atoms with Crippen molar-refractivity contribution in [3.05, 3.63) is 28.8 Å². The Hall–Kier alpha value is -0.870. The highest BCUT2D eigenvalue weighted by atomic mass is 35.5. The second-order valence-corrected chi connectivity index (χ2v) is 6.00. The van der Waals surface area contributed by atoms with Crippen LogP contribution in [0.4, 0.5) is 5.69 Å². The molecule has 1 unspecified atom stereocenters. The zero-order valence-corrected chi connectivity index (χ0v) is 13.9. The highest BCUT2D eigenvalue weighted by Gasteiger charge is 2.15. The first-order valence-electron chi connectivity index (χ1n) is 6.95. The highest BCUT2D eigenvalue weighted by Crippen LogP contribution is 2.21. The molecule has 2 N–H and O–H groups in total. The normalized spacial score (nSPS) is 12.0. The number of carbonyl (C=O) groups excluding carboxylic acids is 1. The summed E-state index contributed by atoms with van der Waals surface area (Å²) in [4.78, 5) is 12.4. The van der Waals surface area contributed by atoms with E-state index in [0.29, 0.717) is 10.6 Å². The van der Waals surface area contributed by atoms with E-state index in [1.165, 1.54) is 0 Å². The van der Waals surface area contributed by atoms with Crippen LogP contribution in [0.25, 0.3) is 0 Å². The predicted molar refractivity (Wildman–Crippen MR) is 90.2 cm³/mol. The van der Waals surface area contributed by atoms with Gasteiger partial charge in [0, 0.05) is 29.0 Å². The van der Waals surface area contributed by atoms with Crippen LogP contribution in [0.15, 0.2) is 18.2 Å². The first-order valence-corrected chi connectivity index (χ1v) is 8.72. The van der Waals surface area contributed by atoms with Crippen molar-refractivity contribution in [2.75, 3.05) is 23.9 Å². The van der Waals surface area contributed by atoms with Crippen LogP contribution in [0, 0.1) is 0 Å². The maximum Gasteiger partial charge on any atom is 0.253 e. The van der Waals surface area contributed by atoms with Crippen LogP contribution in [-0.2, 0) is 0 Å².